The third kappa shape index (κ3) is 198. The first kappa shape index (κ1) is 27.1. The molecule has 0 bridgehead atoms. The zero-order chi connectivity index (χ0) is 14.0. The van der Waals surface area contributed by atoms with E-state index in [1.165, 1.54) is 12.8 Å². The van der Waals surface area contributed by atoms with Gasteiger partial charge >= 0.3 is 13.4 Å². The molecule has 0 rings (SSSR count). The molecule has 0 aliphatic rings. The minimum atomic E-state index is -3.81. The van der Waals surface area contributed by atoms with Gasteiger partial charge in [-0.25, -0.2) is 0 Å². The normalized spacial score (nSPS) is 10.5. The summed E-state index contributed by atoms with van der Waals surface area (Å²) in [6, 6.07) is 0. The summed E-state index contributed by atoms with van der Waals surface area (Å²) in [5.74, 6) is 0.898. The van der Waals surface area contributed by atoms with Crippen molar-refractivity contribution >= 4 is 37.1 Å². The number of rotatable bonds is 2. The molecule has 0 fully saturated rings. The summed E-state index contributed by atoms with van der Waals surface area (Å²) in [7, 11) is 0. The van der Waals surface area contributed by atoms with Gasteiger partial charge in [0, 0.05) is 19.5 Å². The summed E-state index contributed by atoms with van der Waals surface area (Å²) in [4.78, 5) is 45.3. The molecule has 0 saturated carbocycles. The van der Waals surface area contributed by atoms with Gasteiger partial charge in [0.1, 0.15) is 0 Å². The van der Waals surface area contributed by atoms with Crippen molar-refractivity contribution in [3.8, 4) is 0 Å². The van der Waals surface area contributed by atoms with E-state index in [-0.39, 0.29) is 19.5 Å². The summed E-state index contributed by atoms with van der Waals surface area (Å²) >= 11 is 7.21. The van der Waals surface area contributed by atoms with Crippen molar-refractivity contribution in [1.29, 1.82) is 0 Å². The van der Waals surface area contributed by atoms with E-state index in [0.717, 1.165) is 5.92 Å². The maximum absolute atomic E-state index is 7.56. The largest absolute Gasteiger partial charge is 0.325 e. The Kier molecular flexibility index (Phi) is 22.5. The van der Waals surface area contributed by atoms with Crippen molar-refractivity contribution in [2.24, 2.45) is 5.92 Å². The molecule has 0 aliphatic carbocycles. The SMILES string of the molecule is CCCC(C)C.OP(O)(O)=S.OP(O)(O)=S.[Zn]. The van der Waals surface area contributed by atoms with Crippen LogP contribution < -0.4 is 0 Å². The van der Waals surface area contributed by atoms with E-state index in [4.69, 9.17) is 29.4 Å². The molecule has 11 heteroatoms. The average molecular weight is 380 g/mol. The van der Waals surface area contributed by atoms with Gasteiger partial charge in [-0.1, -0.05) is 33.6 Å². The molecule has 6 N–H and O–H groups in total. The van der Waals surface area contributed by atoms with Crippen LogP contribution in [0.2, 0.25) is 0 Å². The zero-order valence-electron chi connectivity index (χ0n) is 10.1. The second kappa shape index (κ2) is 14.1. The molecule has 0 heterocycles. The maximum Gasteiger partial charge on any atom is 0.319 e. The molecule has 0 atom stereocenters. The summed E-state index contributed by atoms with van der Waals surface area (Å²) in [5, 5.41) is 0. The van der Waals surface area contributed by atoms with Gasteiger partial charge in [0.25, 0.3) is 0 Å². The first-order valence-electron chi connectivity index (χ1n) is 4.34. The smallest absolute Gasteiger partial charge is 0.319 e. The Bertz CT molecular complexity index is 204. The van der Waals surface area contributed by atoms with Crippen molar-refractivity contribution in [3.63, 3.8) is 0 Å². The molecule has 17 heavy (non-hydrogen) atoms. The van der Waals surface area contributed by atoms with E-state index >= 15 is 0 Å². The fraction of sp³-hybridized carbons (Fsp3) is 1.00. The van der Waals surface area contributed by atoms with Crippen molar-refractivity contribution in [1.82, 2.24) is 0 Å². The molecule has 0 spiro atoms. The van der Waals surface area contributed by atoms with Crippen LogP contribution in [0.15, 0.2) is 0 Å². The van der Waals surface area contributed by atoms with Gasteiger partial charge in [-0.2, -0.15) is 0 Å². The van der Waals surface area contributed by atoms with Crippen LogP contribution in [0.4, 0.5) is 0 Å². The first-order chi connectivity index (χ1) is 6.77. The minimum absolute atomic E-state index is 0. The van der Waals surface area contributed by atoms with E-state index in [2.05, 4.69) is 44.4 Å². The minimum Gasteiger partial charge on any atom is -0.325 e. The van der Waals surface area contributed by atoms with Crippen LogP contribution in [0.3, 0.4) is 0 Å². The fourth-order valence-corrected chi connectivity index (χ4v) is 0.577. The van der Waals surface area contributed by atoms with E-state index in [1.54, 1.807) is 0 Å². The number of hydrogen-bond donors (Lipinski definition) is 6. The Morgan fingerprint density at radius 1 is 0.882 bits per heavy atom. The third-order valence-corrected chi connectivity index (χ3v) is 0.866. The Morgan fingerprint density at radius 2 is 1.06 bits per heavy atom. The van der Waals surface area contributed by atoms with Crippen LogP contribution in [0.25, 0.3) is 0 Å². The van der Waals surface area contributed by atoms with Gasteiger partial charge in [-0.05, 0) is 29.5 Å². The van der Waals surface area contributed by atoms with Crippen LogP contribution >= 0.6 is 13.4 Å². The van der Waals surface area contributed by atoms with Crippen molar-refractivity contribution in [2.45, 2.75) is 33.6 Å². The van der Waals surface area contributed by atoms with Crippen molar-refractivity contribution in [2.75, 3.05) is 0 Å². The summed E-state index contributed by atoms with van der Waals surface area (Å²) in [5.41, 5.74) is 0. The second-order valence-electron chi connectivity index (χ2n) is 3.21. The third-order valence-electron chi connectivity index (χ3n) is 0.866. The predicted octanol–water partition coefficient (Wildman–Crippen LogP) is 0.816. The average Bonchev–Trinajstić information content (AvgIpc) is 1.76. The Balaban J connectivity index is -0.0000000729. The molecule has 0 amide bonds. The van der Waals surface area contributed by atoms with E-state index in [1.807, 2.05) is 0 Å². The quantitative estimate of drug-likeness (QED) is 0.308. The zero-order valence-corrected chi connectivity index (χ0v) is 16.5. The molecule has 0 aromatic rings. The summed E-state index contributed by atoms with van der Waals surface area (Å²) < 4.78 is 0. The molecular weight excluding hydrogens is 360 g/mol. The summed E-state index contributed by atoms with van der Waals surface area (Å²) in [6.45, 7) is -0.882. The first-order valence-corrected chi connectivity index (χ1v) is 9.66. The van der Waals surface area contributed by atoms with Gasteiger partial charge in [-0.15, -0.1) is 0 Å². The Labute approximate surface area is 125 Å². The molecule has 6 nitrogen and oxygen atoms in total. The molecule has 0 aliphatic heterocycles. The van der Waals surface area contributed by atoms with Crippen molar-refractivity contribution < 1.29 is 48.8 Å². The van der Waals surface area contributed by atoms with Crippen molar-refractivity contribution in [3.05, 3.63) is 0 Å². The van der Waals surface area contributed by atoms with E-state index in [0.29, 0.717) is 0 Å². The molecule has 0 unspecified atom stereocenters. The predicted molar refractivity (Wildman–Crippen MR) is 71.6 cm³/mol. The molecule has 0 aromatic carbocycles. The van der Waals surface area contributed by atoms with Crippen LogP contribution in [-0.2, 0) is 43.1 Å². The van der Waals surface area contributed by atoms with Gasteiger partial charge in [0.15, 0.2) is 0 Å². The van der Waals surface area contributed by atoms with Crippen LogP contribution in [0.1, 0.15) is 33.6 Å². The van der Waals surface area contributed by atoms with Crippen LogP contribution in [0, 0.1) is 5.92 Å². The van der Waals surface area contributed by atoms with E-state index in [9.17, 15) is 0 Å². The van der Waals surface area contributed by atoms with Crippen LogP contribution in [-0.4, -0.2) is 29.4 Å². The second-order valence-corrected chi connectivity index (χ2v) is 8.20. The molecular formula is C6H20O6P2S2Zn. The van der Waals surface area contributed by atoms with Gasteiger partial charge in [-0.3, -0.25) is 0 Å². The monoisotopic (exact) mass is 378 g/mol. The molecule has 0 saturated heterocycles. The molecule has 0 radical (unpaired) electrons. The Hall–Kier alpha value is 1.68. The van der Waals surface area contributed by atoms with Gasteiger partial charge in [0.2, 0.25) is 0 Å². The topological polar surface area (TPSA) is 121 Å². The summed E-state index contributed by atoms with van der Waals surface area (Å²) in [6.07, 6.45) is 2.71. The molecule has 0 aromatic heterocycles. The maximum atomic E-state index is 7.56. The number of hydrogen-bond acceptors (Lipinski definition) is 2. The molecule has 104 valence electrons. The Morgan fingerprint density at radius 3 is 1.06 bits per heavy atom. The van der Waals surface area contributed by atoms with E-state index < -0.39 is 13.4 Å². The van der Waals surface area contributed by atoms with Crippen LogP contribution in [0.5, 0.6) is 0 Å². The standard InChI is InChI=1S/C6H14.2H3O3PS.Zn/c1-4-5-6(2)3;2*1-4(2,3)5;/h6H,4-5H2,1-3H3;2*(H3,1,2,3,5);. The fourth-order valence-electron chi connectivity index (χ4n) is 0.577. The van der Waals surface area contributed by atoms with Gasteiger partial charge in [0.05, 0.1) is 0 Å². The van der Waals surface area contributed by atoms with Gasteiger partial charge < -0.3 is 29.4 Å².